The first-order valence-corrected chi connectivity index (χ1v) is 8.51. The second-order valence-electron chi connectivity index (χ2n) is 7.86. The molecule has 108 valence electrons. The van der Waals surface area contributed by atoms with Gasteiger partial charge >= 0.3 is 0 Å². The summed E-state index contributed by atoms with van der Waals surface area (Å²) in [4.78, 5) is 0. The topological polar surface area (TPSA) is 12.0 Å². The Morgan fingerprint density at radius 3 is 2.00 bits per heavy atom. The Kier molecular flexibility index (Phi) is 3.05. The summed E-state index contributed by atoms with van der Waals surface area (Å²) in [6, 6.07) is 9.06. The van der Waals surface area contributed by atoms with Crippen LogP contribution in [0.3, 0.4) is 0 Å². The van der Waals surface area contributed by atoms with Crippen molar-refractivity contribution >= 4 is 5.69 Å². The molecule has 0 heterocycles. The van der Waals surface area contributed by atoms with Crippen LogP contribution in [0.4, 0.5) is 5.69 Å². The molecule has 0 radical (unpaired) electrons. The molecule has 0 amide bonds. The van der Waals surface area contributed by atoms with Gasteiger partial charge in [0.05, 0.1) is 0 Å². The second-order valence-corrected chi connectivity index (χ2v) is 7.86. The Morgan fingerprint density at radius 1 is 0.950 bits per heavy atom. The first-order chi connectivity index (χ1) is 9.75. The van der Waals surface area contributed by atoms with Gasteiger partial charge in [-0.2, -0.15) is 0 Å². The van der Waals surface area contributed by atoms with E-state index < -0.39 is 0 Å². The minimum Gasteiger partial charge on any atom is -0.388 e. The summed E-state index contributed by atoms with van der Waals surface area (Å²) in [5, 5.41) is 3.20. The normalized spacial score (nSPS) is 38.1. The van der Waals surface area contributed by atoms with Crippen LogP contribution in [0.25, 0.3) is 0 Å². The van der Waals surface area contributed by atoms with E-state index in [-0.39, 0.29) is 0 Å². The van der Waals surface area contributed by atoms with Gasteiger partial charge in [-0.25, -0.2) is 0 Å². The Hall–Kier alpha value is -0.980. The molecule has 20 heavy (non-hydrogen) atoms. The molecule has 1 nitrogen and oxygen atoms in total. The molecule has 1 N–H and O–H groups in total. The van der Waals surface area contributed by atoms with Gasteiger partial charge in [-0.15, -0.1) is 0 Å². The van der Waals surface area contributed by atoms with E-state index in [1.807, 2.05) is 7.05 Å². The van der Waals surface area contributed by atoms with Crippen molar-refractivity contribution in [2.24, 2.45) is 23.2 Å². The Morgan fingerprint density at radius 2 is 1.50 bits per heavy atom. The molecule has 0 aliphatic heterocycles. The molecule has 4 bridgehead atoms. The van der Waals surface area contributed by atoms with E-state index in [0.29, 0.717) is 0 Å². The summed E-state index contributed by atoms with van der Waals surface area (Å²) in [6.45, 7) is 0. The highest BCUT2D eigenvalue weighted by molar-refractivity contribution is 5.43. The van der Waals surface area contributed by atoms with Crippen LogP contribution in [0.15, 0.2) is 24.3 Å². The largest absolute Gasteiger partial charge is 0.388 e. The van der Waals surface area contributed by atoms with Crippen LogP contribution in [-0.4, -0.2) is 7.05 Å². The van der Waals surface area contributed by atoms with Gasteiger partial charge in [-0.05, 0) is 92.2 Å². The molecule has 0 aromatic heterocycles. The summed E-state index contributed by atoms with van der Waals surface area (Å²) in [5.41, 5.74) is 3.49. The molecular formula is C19H27N. The van der Waals surface area contributed by atoms with Crippen molar-refractivity contribution in [1.29, 1.82) is 0 Å². The van der Waals surface area contributed by atoms with Crippen LogP contribution in [0.1, 0.15) is 50.5 Å². The zero-order valence-corrected chi connectivity index (χ0v) is 12.7. The maximum Gasteiger partial charge on any atom is 0.0337 e. The lowest BCUT2D eigenvalue weighted by atomic mass is 9.48. The molecule has 4 saturated carbocycles. The third kappa shape index (κ3) is 2.25. The number of hydrogen-bond donors (Lipinski definition) is 1. The molecule has 0 atom stereocenters. The van der Waals surface area contributed by atoms with E-state index in [0.717, 1.165) is 23.2 Å². The number of anilines is 1. The van der Waals surface area contributed by atoms with Crippen molar-refractivity contribution in [2.75, 3.05) is 12.4 Å². The van der Waals surface area contributed by atoms with Crippen molar-refractivity contribution in [3.63, 3.8) is 0 Å². The molecule has 4 fully saturated rings. The lowest BCUT2D eigenvalue weighted by molar-refractivity contribution is -0.0569. The third-order valence-corrected chi connectivity index (χ3v) is 6.35. The van der Waals surface area contributed by atoms with Crippen molar-refractivity contribution in [3.05, 3.63) is 29.8 Å². The van der Waals surface area contributed by atoms with Gasteiger partial charge in [0.25, 0.3) is 0 Å². The molecule has 4 aliphatic carbocycles. The van der Waals surface area contributed by atoms with Crippen molar-refractivity contribution in [3.8, 4) is 0 Å². The fourth-order valence-electron chi connectivity index (χ4n) is 5.84. The van der Waals surface area contributed by atoms with Gasteiger partial charge in [0.1, 0.15) is 0 Å². The number of hydrogen-bond acceptors (Lipinski definition) is 1. The van der Waals surface area contributed by atoms with Crippen LogP contribution in [-0.2, 0) is 6.42 Å². The monoisotopic (exact) mass is 269 g/mol. The van der Waals surface area contributed by atoms with Gasteiger partial charge < -0.3 is 5.32 Å². The number of benzene rings is 1. The van der Waals surface area contributed by atoms with E-state index in [1.54, 1.807) is 38.5 Å². The number of rotatable bonds is 4. The molecule has 0 unspecified atom stereocenters. The molecule has 1 aromatic rings. The SMILES string of the molecule is CNc1ccc(CCC23CC4CC(CC(C4)C2)C3)cc1. The number of aryl methyl sites for hydroxylation is 1. The molecule has 4 aliphatic rings. The molecule has 0 saturated heterocycles. The third-order valence-electron chi connectivity index (χ3n) is 6.35. The highest BCUT2D eigenvalue weighted by atomic mass is 14.8. The van der Waals surface area contributed by atoms with Crippen molar-refractivity contribution in [1.82, 2.24) is 0 Å². The molecule has 0 spiro atoms. The summed E-state index contributed by atoms with van der Waals surface area (Å²) in [7, 11) is 1.99. The summed E-state index contributed by atoms with van der Waals surface area (Å²) < 4.78 is 0. The van der Waals surface area contributed by atoms with Crippen LogP contribution in [0, 0.1) is 23.2 Å². The predicted octanol–water partition coefficient (Wildman–Crippen LogP) is 4.88. The molecular weight excluding hydrogens is 242 g/mol. The van der Waals surface area contributed by atoms with Crippen molar-refractivity contribution < 1.29 is 0 Å². The number of nitrogens with one attached hydrogen (secondary N) is 1. The average molecular weight is 269 g/mol. The Balaban J connectivity index is 1.43. The first-order valence-electron chi connectivity index (χ1n) is 8.51. The second kappa shape index (κ2) is 4.79. The predicted molar refractivity (Wildman–Crippen MR) is 84.9 cm³/mol. The van der Waals surface area contributed by atoms with E-state index in [9.17, 15) is 0 Å². The van der Waals surface area contributed by atoms with Gasteiger partial charge in [0.2, 0.25) is 0 Å². The maximum atomic E-state index is 3.20. The van der Waals surface area contributed by atoms with Crippen LogP contribution >= 0.6 is 0 Å². The summed E-state index contributed by atoms with van der Waals surface area (Å²) in [5.74, 6) is 3.27. The highest BCUT2D eigenvalue weighted by Gasteiger charge is 2.50. The Bertz CT molecular complexity index is 438. The van der Waals surface area contributed by atoms with Gasteiger partial charge in [-0.1, -0.05) is 12.1 Å². The van der Waals surface area contributed by atoms with E-state index in [1.165, 1.54) is 24.1 Å². The molecule has 1 heteroatoms. The van der Waals surface area contributed by atoms with Crippen LogP contribution in [0.5, 0.6) is 0 Å². The lowest BCUT2D eigenvalue weighted by Crippen LogP contribution is -2.46. The van der Waals surface area contributed by atoms with Crippen LogP contribution < -0.4 is 5.32 Å². The zero-order valence-electron chi connectivity index (χ0n) is 12.7. The zero-order chi connectivity index (χ0) is 13.6. The minimum absolute atomic E-state index is 0.733. The van der Waals surface area contributed by atoms with E-state index >= 15 is 0 Å². The summed E-state index contributed by atoms with van der Waals surface area (Å²) in [6.07, 6.45) is 12.1. The maximum absolute atomic E-state index is 3.20. The smallest absolute Gasteiger partial charge is 0.0337 e. The van der Waals surface area contributed by atoms with Crippen molar-refractivity contribution in [2.45, 2.75) is 51.4 Å². The quantitative estimate of drug-likeness (QED) is 0.821. The highest BCUT2D eigenvalue weighted by Crippen LogP contribution is 2.61. The fourth-order valence-corrected chi connectivity index (χ4v) is 5.84. The van der Waals surface area contributed by atoms with Crippen LogP contribution in [0.2, 0.25) is 0 Å². The average Bonchev–Trinajstić information content (AvgIpc) is 2.44. The Labute approximate surface area is 123 Å². The van der Waals surface area contributed by atoms with Gasteiger partial charge in [0, 0.05) is 12.7 Å². The van der Waals surface area contributed by atoms with E-state index in [4.69, 9.17) is 0 Å². The van der Waals surface area contributed by atoms with Gasteiger partial charge in [-0.3, -0.25) is 0 Å². The van der Waals surface area contributed by atoms with Gasteiger partial charge in [0.15, 0.2) is 0 Å². The molecule has 1 aromatic carbocycles. The van der Waals surface area contributed by atoms with E-state index in [2.05, 4.69) is 29.6 Å². The first kappa shape index (κ1) is 12.7. The summed E-state index contributed by atoms with van der Waals surface area (Å²) >= 11 is 0. The lowest BCUT2D eigenvalue weighted by Gasteiger charge is -2.57. The fraction of sp³-hybridized carbons (Fsp3) is 0.684. The minimum atomic E-state index is 0.733. The standard InChI is InChI=1S/C19H27N/c1-20-18-4-2-14(3-5-18)6-7-19-11-15-8-16(12-19)10-17(9-15)13-19/h2-5,15-17,20H,6-13H2,1H3. The molecule has 5 rings (SSSR count).